The van der Waals surface area contributed by atoms with Gasteiger partial charge < -0.3 is 11.1 Å². The van der Waals surface area contributed by atoms with Crippen molar-refractivity contribution in [3.8, 4) is 0 Å². The molecule has 0 aliphatic heterocycles. The predicted octanol–water partition coefficient (Wildman–Crippen LogP) is 3.45. The average molecular weight is 286 g/mol. The first kappa shape index (κ1) is 13.2. The van der Waals surface area contributed by atoms with Crippen molar-refractivity contribution in [1.82, 2.24) is 5.32 Å². The van der Waals surface area contributed by atoms with Crippen LogP contribution in [-0.2, 0) is 6.42 Å². The zero-order valence-electron chi connectivity index (χ0n) is 11.5. The van der Waals surface area contributed by atoms with E-state index >= 15 is 0 Å². The molecule has 1 amide bonds. The van der Waals surface area contributed by atoms with Crippen molar-refractivity contribution in [3.63, 3.8) is 0 Å². The molecule has 3 nitrogen and oxygen atoms in total. The Morgan fingerprint density at radius 1 is 1.35 bits per heavy atom. The van der Waals surface area contributed by atoms with E-state index in [4.69, 9.17) is 5.73 Å². The molecule has 2 aromatic rings. The van der Waals surface area contributed by atoms with Crippen molar-refractivity contribution in [2.75, 3.05) is 5.73 Å². The Balaban J connectivity index is 1.81. The highest BCUT2D eigenvalue weighted by atomic mass is 32.1. The highest BCUT2D eigenvalue weighted by molar-refractivity contribution is 7.13. The van der Waals surface area contributed by atoms with Gasteiger partial charge in [-0.3, -0.25) is 4.79 Å². The van der Waals surface area contributed by atoms with Gasteiger partial charge in [0.2, 0.25) is 0 Å². The summed E-state index contributed by atoms with van der Waals surface area (Å²) in [5.74, 6) is 0.0257. The Morgan fingerprint density at radius 3 is 2.95 bits per heavy atom. The van der Waals surface area contributed by atoms with Crippen molar-refractivity contribution >= 4 is 22.9 Å². The SMILES string of the molecule is Cc1ccc(C(=O)NC2CCCc3cc(N)ccc32)s1. The molecule has 1 aromatic carbocycles. The third kappa shape index (κ3) is 2.56. The van der Waals surface area contributed by atoms with Gasteiger partial charge >= 0.3 is 0 Å². The number of anilines is 1. The number of benzene rings is 1. The maximum atomic E-state index is 12.3. The van der Waals surface area contributed by atoms with Gasteiger partial charge in [0.1, 0.15) is 0 Å². The number of carbonyl (C=O) groups excluding carboxylic acids is 1. The molecule has 104 valence electrons. The number of carbonyl (C=O) groups is 1. The van der Waals surface area contributed by atoms with Crippen LogP contribution in [0.15, 0.2) is 30.3 Å². The first-order valence-electron chi connectivity index (χ1n) is 6.89. The second kappa shape index (κ2) is 5.29. The second-order valence-electron chi connectivity index (χ2n) is 5.29. The van der Waals surface area contributed by atoms with Gasteiger partial charge in [0, 0.05) is 10.6 Å². The van der Waals surface area contributed by atoms with Gasteiger partial charge in [-0.1, -0.05) is 6.07 Å². The van der Waals surface area contributed by atoms with Crippen LogP contribution in [0.3, 0.4) is 0 Å². The van der Waals surface area contributed by atoms with E-state index in [1.165, 1.54) is 22.5 Å². The van der Waals surface area contributed by atoms with E-state index < -0.39 is 0 Å². The number of hydrogen-bond acceptors (Lipinski definition) is 3. The molecule has 0 saturated heterocycles. The Labute approximate surface area is 122 Å². The molecule has 0 fully saturated rings. The molecular weight excluding hydrogens is 268 g/mol. The fourth-order valence-electron chi connectivity index (χ4n) is 2.77. The van der Waals surface area contributed by atoms with E-state index in [2.05, 4.69) is 11.4 Å². The number of rotatable bonds is 2. The summed E-state index contributed by atoms with van der Waals surface area (Å²) >= 11 is 1.54. The first-order valence-corrected chi connectivity index (χ1v) is 7.71. The summed E-state index contributed by atoms with van der Waals surface area (Å²) in [4.78, 5) is 14.2. The van der Waals surface area contributed by atoms with Crippen LogP contribution < -0.4 is 11.1 Å². The maximum absolute atomic E-state index is 12.3. The zero-order chi connectivity index (χ0) is 14.1. The van der Waals surface area contributed by atoms with Crippen LogP contribution in [0.25, 0.3) is 0 Å². The summed E-state index contributed by atoms with van der Waals surface area (Å²) in [6.45, 7) is 2.01. The standard InChI is InChI=1S/C16H18N2OS/c1-10-5-8-15(20-10)16(19)18-14-4-2-3-11-9-12(17)6-7-13(11)14/h5-9,14H,2-4,17H2,1H3,(H,18,19). The highest BCUT2D eigenvalue weighted by Gasteiger charge is 2.22. The molecule has 0 bridgehead atoms. The largest absolute Gasteiger partial charge is 0.399 e. The normalized spacial score (nSPS) is 17.6. The van der Waals surface area contributed by atoms with Crippen LogP contribution in [0.1, 0.15) is 44.6 Å². The van der Waals surface area contributed by atoms with Gasteiger partial charge in [0.05, 0.1) is 10.9 Å². The van der Waals surface area contributed by atoms with Crippen molar-refractivity contribution in [2.45, 2.75) is 32.2 Å². The van der Waals surface area contributed by atoms with Crippen LogP contribution in [0.2, 0.25) is 0 Å². The summed E-state index contributed by atoms with van der Waals surface area (Å²) in [7, 11) is 0. The molecule has 0 saturated carbocycles. The lowest BCUT2D eigenvalue weighted by atomic mass is 9.87. The van der Waals surface area contributed by atoms with Crippen molar-refractivity contribution in [3.05, 3.63) is 51.2 Å². The Bertz CT molecular complexity index is 648. The van der Waals surface area contributed by atoms with Crippen LogP contribution in [0.5, 0.6) is 0 Å². The Morgan fingerprint density at radius 2 is 2.20 bits per heavy atom. The van der Waals surface area contributed by atoms with E-state index in [-0.39, 0.29) is 11.9 Å². The quantitative estimate of drug-likeness (QED) is 0.831. The molecule has 4 heteroatoms. The van der Waals surface area contributed by atoms with Crippen LogP contribution in [-0.4, -0.2) is 5.91 Å². The minimum atomic E-state index is 0.0257. The number of hydrogen-bond donors (Lipinski definition) is 2. The Hall–Kier alpha value is -1.81. The zero-order valence-corrected chi connectivity index (χ0v) is 12.3. The summed E-state index contributed by atoms with van der Waals surface area (Å²) < 4.78 is 0. The lowest BCUT2D eigenvalue weighted by Crippen LogP contribution is -2.30. The van der Waals surface area contributed by atoms with Gasteiger partial charge in [-0.2, -0.15) is 0 Å². The number of nitrogens with two attached hydrogens (primary N) is 1. The number of nitrogen functional groups attached to an aromatic ring is 1. The molecule has 0 spiro atoms. The lowest BCUT2D eigenvalue weighted by molar-refractivity contribution is 0.0937. The van der Waals surface area contributed by atoms with E-state index in [0.717, 1.165) is 34.7 Å². The van der Waals surface area contributed by atoms with Crippen molar-refractivity contribution in [1.29, 1.82) is 0 Å². The summed E-state index contributed by atoms with van der Waals surface area (Å²) in [6.07, 6.45) is 3.13. The average Bonchev–Trinajstić information content (AvgIpc) is 2.85. The van der Waals surface area contributed by atoms with E-state index in [9.17, 15) is 4.79 Å². The fourth-order valence-corrected chi connectivity index (χ4v) is 3.54. The van der Waals surface area contributed by atoms with E-state index in [1.807, 2.05) is 31.2 Å². The number of thiophene rings is 1. The van der Waals surface area contributed by atoms with Gasteiger partial charge in [-0.25, -0.2) is 0 Å². The monoisotopic (exact) mass is 286 g/mol. The molecular formula is C16H18N2OS. The number of fused-ring (bicyclic) bond motifs is 1. The lowest BCUT2D eigenvalue weighted by Gasteiger charge is -2.26. The smallest absolute Gasteiger partial charge is 0.261 e. The number of aryl methyl sites for hydroxylation is 2. The third-order valence-corrected chi connectivity index (χ3v) is 4.75. The Kier molecular flexibility index (Phi) is 3.49. The molecule has 1 aliphatic carbocycles. The molecule has 3 N–H and O–H groups in total. The highest BCUT2D eigenvalue weighted by Crippen LogP contribution is 2.31. The minimum absolute atomic E-state index is 0.0257. The maximum Gasteiger partial charge on any atom is 0.261 e. The molecule has 1 aliphatic rings. The third-order valence-electron chi connectivity index (χ3n) is 3.75. The minimum Gasteiger partial charge on any atom is -0.399 e. The van der Waals surface area contributed by atoms with E-state index in [1.54, 1.807) is 0 Å². The molecule has 1 atom stereocenters. The van der Waals surface area contributed by atoms with Gasteiger partial charge in [0.15, 0.2) is 0 Å². The number of nitrogens with one attached hydrogen (secondary N) is 1. The molecule has 20 heavy (non-hydrogen) atoms. The van der Waals surface area contributed by atoms with Crippen LogP contribution >= 0.6 is 11.3 Å². The number of amides is 1. The van der Waals surface area contributed by atoms with Gasteiger partial charge in [-0.05, 0) is 61.6 Å². The van der Waals surface area contributed by atoms with Crippen LogP contribution in [0.4, 0.5) is 5.69 Å². The molecule has 0 radical (unpaired) electrons. The summed E-state index contributed by atoms with van der Waals surface area (Å²) in [6, 6.07) is 9.97. The van der Waals surface area contributed by atoms with Crippen molar-refractivity contribution in [2.24, 2.45) is 0 Å². The van der Waals surface area contributed by atoms with Gasteiger partial charge in [-0.15, -0.1) is 11.3 Å². The van der Waals surface area contributed by atoms with E-state index in [0.29, 0.717) is 0 Å². The second-order valence-corrected chi connectivity index (χ2v) is 6.57. The fraction of sp³-hybridized carbons (Fsp3) is 0.312. The molecule has 1 aromatic heterocycles. The topological polar surface area (TPSA) is 55.1 Å². The summed E-state index contributed by atoms with van der Waals surface area (Å²) in [5.41, 5.74) is 9.12. The van der Waals surface area contributed by atoms with Gasteiger partial charge in [0.25, 0.3) is 5.91 Å². The molecule has 1 heterocycles. The predicted molar refractivity (Wildman–Crippen MR) is 83.1 cm³/mol. The van der Waals surface area contributed by atoms with Crippen LogP contribution in [0, 0.1) is 6.92 Å². The molecule has 1 unspecified atom stereocenters. The van der Waals surface area contributed by atoms with Crippen molar-refractivity contribution < 1.29 is 4.79 Å². The molecule has 3 rings (SSSR count). The summed E-state index contributed by atoms with van der Waals surface area (Å²) in [5, 5.41) is 3.15. The first-order chi connectivity index (χ1) is 9.63.